The highest BCUT2D eigenvalue weighted by Gasteiger charge is 2.13. The molecule has 0 aliphatic rings. The fraction of sp³-hybridized carbons (Fsp3) is 0.625. The van der Waals surface area contributed by atoms with Crippen molar-refractivity contribution in [1.29, 1.82) is 0 Å². The van der Waals surface area contributed by atoms with Gasteiger partial charge in [0.25, 0.3) is 0 Å². The molecule has 0 saturated heterocycles. The highest BCUT2D eigenvalue weighted by molar-refractivity contribution is 6.25. The van der Waals surface area contributed by atoms with E-state index >= 15 is 0 Å². The minimum atomic E-state index is -0.735. The van der Waals surface area contributed by atoms with E-state index in [2.05, 4.69) is 0 Å². The molecule has 0 aromatic carbocycles. The first-order valence-electron chi connectivity index (χ1n) is 3.70. The third-order valence-corrected chi connectivity index (χ3v) is 1.67. The van der Waals surface area contributed by atoms with E-state index in [-0.39, 0.29) is 5.92 Å². The monoisotopic (exact) mass is 176 g/mol. The van der Waals surface area contributed by atoms with Gasteiger partial charge in [0.15, 0.2) is 0 Å². The standard InChI is InChI=1S/C8H13ClO2/c1-2-4-7(8(10)11)5-3-6-9/h3,6-7H,2,4-5H2,1H3,(H,10,11)/b6-3+. The summed E-state index contributed by atoms with van der Waals surface area (Å²) in [7, 11) is 0. The molecule has 1 N–H and O–H groups in total. The smallest absolute Gasteiger partial charge is 0.306 e. The van der Waals surface area contributed by atoms with Gasteiger partial charge in [0.05, 0.1) is 5.92 Å². The van der Waals surface area contributed by atoms with Crippen LogP contribution in [0.4, 0.5) is 0 Å². The van der Waals surface area contributed by atoms with Crippen molar-refractivity contribution in [3.8, 4) is 0 Å². The van der Waals surface area contributed by atoms with Crippen molar-refractivity contribution in [2.75, 3.05) is 0 Å². The molecule has 0 aromatic rings. The molecular weight excluding hydrogens is 164 g/mol. The van der Waals surface area contributed by atoms with Crippen LogP contribution in [0.5, 0.6) is 0 Å². The van der Waals surface area contributed by atoms with Crippen LogP contribution in [-0.4, -0.2) is 11.1 Å². The van der Waals surface area contributed by atoms with Gasteiger partial charge in [-0.2, -0.15) is 0 Å². The molecule has 0 spiro atoms. The lowest BCUT2D eigenvalue weighted by atomic mass is 10.0. The number of hydrogen-bond acceptors (Lipinski definition) is 1. The van der Waals surface area contributed by atoms with Crippen molar-refractivity contribution in [3.63, 3.8) is 0 Å². The van der Waals surface area contributed by atoms with E-state index < -0.39 is 5.97 Å². The van der Waals surface area contributed by atoms with Gasteiger partial charge in [-0.05, 0) is 12.8 Å². The van der Waals surface area contributed by atoms with Crippen LogP contribution in [0.15, 0.2) is 11.6 Å². The predicted molar refractivity (Wildman–Crippen MR) is 45.6 cm³/mol. The number of carbonyl (C=O) groups is 1. The fourth-order valence-electron chi connectivity index (χ4n) is 0.906. The van der Waals surface area contributed by atoms with Crippen molar-refractivity contribution in [1.82, 2.24) is 0 Å². The zero-order valence-electron chi connectivity index (χ0n) is 6.59. The summed E-state index contributed by atoms with van der Waals surface area (Å²) in [6, 6.07) is 0. The van der Waals surface area contributed by atoms with Crippen LogP contribution in [-0.2, 0) is 4.79 Å². The Labute approximate surface area is 71.9 Å². The Morgan fingerprint density at radius 1 is 1.73 bits per heavy atom. The lowest BCUT2D eigenvalue weighted by Gasteiger charge is -2.06. The molecular formula is C8H13ClO2. The highest BCUT2D eigenvalue weighted by Crippen LogP contribution is 2.11. The van der Waals surface area contributed by atoms with Gasteiger partial charge in [-0.25, -0.2) is 0 Å². The summed E-state index contributed by atoms with van der Waals surface area (Å²) in [6.07, 6.45) is 3.83. The fourth-order valence-corrected chi connectivity index (χ4v) is 1.01. The summed E-state index contributed by atoms with van der Waals surface area (Å²) < 4.78 is 0. The lowest BCUT2D eigenvalue weighted by Crippen LogP contribution is -2.12. The van der Waals surface area contributed by atoms with E-state index in [1.54, 1.807) is 6.08 Å². The second-order valence-electron chi connectivity index (χ2n) is 2.42. The molecule has 11 heavy (non-hydrogen) atoms. The van der Waals surface area contributed by atoms with Crippen LogP contribution < -0.4 is 0 Å². The first-order valence-corrected chi connectivity index (χ1v) is 4.14. The van der Waals surface area contributed by atoms with Gasteiger partial charge in [0, 0.05) is 5.54 Å². The number of allylic oxidation sites excluding steroid dienone is 1. The van der Waals surface area contributed by atoms with Crippen molar-refractivity contribution in [2.45, 2.75) is 26.2 Å². The topological polar surface area (TPSA) is 37.3 Å². The quantitative estimate of drug-likeness (QED) is 0.699. The number of halogens is 1. The summed E-state index contributed by atoms with van der Waals surface area (Å²) in [6.45, 7) is 1.97. The third-order valence-electron chi connectivity index (χ3n) is 1.50. The number of carboxylic acid groups (broad SMARTS) is 1. The molecule has 0 aromatic heterocycles. The molecule has 1 atom stereocenters. The maximum atomic E-state index is 10.5. The van der Waals surface area contributed by atoms with E-state index in [0.29, 0.717) is 6.42 Å². The number of hydrogen-bond donors (Lipinski definition) is 1. The molecule has 64 valence electrons. The van der Waals surface area contributed by atoms with Crippen LogP contribution in [0.3, 0.4) is 0 Å². The van der Waals surface area contributed by atoms with E-state index in [0.717, 1.165) is 12.8 Å². The lowest BCUT2D eigenvalue weighted by molar-refractivity contribution is -0.141. The minimum Gasteiger partial charge on any atom is -0.481 e. The number of aliphatic carboxylic acids is 1. The summed E-state index contributed by atoms with van der Waals surface area (Å²) >= 11 is 5.28. The first kappa shape index (κ1) is 10.5. The molecule has 0 heterocycles. The summed E-state index contributed by atoms with van der Waals surface area (Å²) in [5.41, 5.74) is 1.37. The molecule has 2 nitrogen and oxygen atoms in total. The molecule has 0 aliphatic carbocycles. The predicted octanol–water partition coefficient (Wildman–Crippen LogP) is 2.63. The van der Waals surface area contributed by atoms with Crippen LogP contribution in [0.2, 0.25) is 0 Å². The average molecular weight is 177 g/mol. The van der Waals surface area contributed by atoms with Crippen LogP contribution in [0.25, 0.3) is 0 Å². The van der Waals surface area contributed by atoms with Gasteiger partial charge >= 0.3 is 5.97 Å². The molecule has 0 rings (SSSR count). The van der Waals surface area contributed by atoms with Gasteiger partial charge in [-0.15, -0.1) is 0 Å². The normalized spacial score (nSPS) is 13.6. The Kier molecular flexibility index (Phi) is 5.94. The molecule has 1 unspecified atom stereocenters. The van der Waals surface area contributed by atoms with E-state index in [4.69, 9.17) is 16.7 Å². The Morgan fingerprint density at radius 3 is 2.73 bits per heavy atom. The van der Waals surface area contributed by atoms with Crippen LogP contribution in [0, 0.1) is 5.92 Å². The Morgan fingerprint density at radius 2 is 2.36 bits per heavy atom. The zero-order chi connectivity index (χ0) is 8.69. The molecule has 0 fully saturated rings. The molecule has 0 radical (unpaired) electrons. The third kappa shape index (κ3) is 4.85. The molecule has 0 amide bonds. The summed E-state index contributed by atoms with van der Waals surface area (Å²) in [5, 5.41) is 8.65. The molecule has 0 saturated carbocycles. The number of rotatable bonds is 5. The Bertz CT molecular complexity index is 143. The van der Waals surface area contributed by atoms with Crippen molar-refractivity contribution < 1.29 is 9.90 Å². The van der Waals surface area contributed by atoms with Gasteiger partial charge in [0.2, 0.25) is 0 Å². The summed E-state index contributed by atoms with van der Waals surface area (Å²) in [5.74, 6) is -1.00. The second-order valence-corrected chi connectivity index (χ2v) is 2.67. The highest BCUT2D eigenvalue weighted by atomic mass is 35.5. The zero-order valence-corrected chi connectivity index (χ0v) is 7.34. The van der Waals surface area contributed by atoms with Gasteiger partial charge in [0.1, 0.15) is 0 Å². The van der Waals surface area contributed by atoms with E-state index in [9.17, 15) is 4.79 Å². The van der Waals surface area contributed by atoms with E-state index in [1.807, 2.05) is 6.92 Å². The minimum absolute atomic E-state index is 0.269. The van der Waals surface area contributed by atoms with Gasteiger partial charge < -0.3 is 5.11 Å². The largest absolute Gasteiger partial charge is 0.481 e. The first-order chi connectivity index (χ1) is 5.22. The SMILES string of the molecule is CCCC(C/C=C/Cl)C(=O)O. The average Bonchev–Trinajstić information content (AvgIpc) is 1.97. The maximum Gasteiger partial charge on any atom is 0.306 e. The molecule has 0 bridgehead atoms. The van der Waals surface area contributed by atoms with Crippen LogP contribution >= 0.6 is 11.6 Å². The van der Waals surface area contributed by atoms with Gasteiger partial charge in [-0.3, -0.25) is 4.79 Å². The van der Waals surface area contributed by atoms with E-state index in [1.165, 1.54) is 5.54 Å². The second kappa shape index (κ2) is 6.23. The summed E-state index contributed by atoms with van der Waals surface area (Å²) in [4.78, 5) is 10.5. The van der Waals surface area contributed by atoms with Crippen molar-refractivity contribution >= 4 is 17.6 Å². The Hall–Kier alpha value is -0.500. The van der Waals surface area contributed by atoms with Crippen molar-refractivity contribution in [2.24, 2.45) is 5.92 Å². The Balaban J connectivity index is 3.79. The van der Waals surface area contributed by atoms with Crippen LogP contribution in [0.1, 0.15) is 26.2 Å². The molecule has 3 heteroatoms. The maximum absolute atomic E-state index is 10.5. The van der Waals surface area contributed by atoms with Crippen molar-refractivity contribution in [3.05, 3.63) is 11.6 Å². The van der Waals surface area contributed by atoms with Gasteiger partial charge in [-0.1, -0.05) is 31.0 Å². The molecule has 0 aliphatic heterocycles. The number of carboxylic acids is 1.